The molecule has 1 saturated heterocycles. The molecule has 4 atom stereocenters. The van der Waals surface area contributed by atoms with Crippen LogP contribution in [0.1, 0.15) is 24.8 Å². The fraction of sp³-hybridized carbons (Fsp3) is 0.562. The lowest BCUT2D eigenvalue weighted by Gasteiger charge is -2.28. The van der Waals surface area contributed by atoms with Gasteiger partial charge in [0, 0.05) is 17.9 Å². The van der Waals surface area contributed by atoms with Gasteiger partial charge >= 0.3 is 12.6 Å². The number of ether oxygens (including phenoxy) is 3. The van der Waals surface area contributed by atoms with E-state index in [2.05, 4.69) is 15.6 Å². The van der Waals surface area contributed by atoms with Crippen molar-refractivity contribution in [2.24, 2.45) is 5.92 Å². The van der Waals surface area contributed by atoms with Crippen molar-refractivity contribution < 1.29 is 32.9 Å². The summed E-state index contributed by atoms with van der Waals surface area (Å²) in [7, 11) is 2.62. The maximum atomic E-state index is 12.5. The Morgan fingerprint density at radius 3 is 2.52 bits per heavy atom. The van der Waals surface area contributed by atoms with Crippen LogP contribution in [0.5, 0.6) is 11.5 Å². The van der Waals surface area contributed by atoms with Crippen LogP contribution >= 0.6 is 0 Å². The van der Waals surface area contributed by atoms with Crippen molar-refractivity contribution in [3.05, 3.63) is 23.8 Å². The molecule has 25 heavy (non-hydrogen) atoms. The highest BCUT2D eigenvalue weighted by Crippen LogP contribution is 2.39. The van der Waals surface area contributed by atoms with Crippen LogP contribution in [0.15, 0.2) is 18.2 Å². The molecule has 9 heteroatoms. The molecule has 4 unspecified atom stereocenters. The zero-order valence-electron chi connectivity index (χ0n) is 14.2. The third-order valence-electron chi connectivity index (χ3n) is 4.31. The number of nitrogens with one attached hydrogen (secondary N) is 2. The van der Waals surface area contributed by atoms with E-state index in [0.29, 0.717) is 5.56 Å². The Morgan fingerprint density at radius 2 is 2.00 bits per heavy atom. The molecule has 1 fully saturated rings. The molecule has 0 radical (unpaired) electrons. The van der Waals surface area contributed by atoms with E-state index in [1.54, 1.807) is 6.07 Å². The summed E-state index contributed by atoms with van der Waals surface area (Å²) in [5.41, 5.74) is 6.29. The minimum atomic E-state index is -2.98. The van der Waals surface area contributed by atoms with Gasteiger partial charge in [0.25, 0.3) is 0 Å². The topological polar surface area (TPSA) is 89.1 Å². The molecule has 7 nitrogen and oxygen atoms in total. The van der Waals surface area contributed by atoms with E-state index in [0.717, 1.165) is 0 Å². The van der Waals surface area contributed by atoms with Gasteiger partial charge in [-0.15, -0.1) is 0 Å². The first kappa shape index (κ1) is 19.4. The molecule has 0 spiro atoms. The number of halogens is 2. The smallest absolute Gasteiger partial charge is 0.387 e. The highest BCUT2D eigenvalue weighted by Gasteiger charge is 2.40. The summed E-state index contributed by atoms with van der Waals surface area (Å²) >= 11 is 0. The number of aliphatic hydroxyl groups is 1. The van der Waals surface area contributed by atoms with Crippen molar-refractivity contribution in [3.63, 3.8) is 0 Å². The van der Waals surface area contributed by atoms with Crippen molar-refractivity contribution in [2.45, 2.75) is 38.1 Å². The Balaban J connectivity index is 2.37. The second kappa shape index (κ2) is 8.41. The Bertz CT molecular complexity index is 592. The van der Waals surface area contributed by atoms with Gasteiger partial charge in [0.1, 0.15) is 6.23 Å². The minimum Gasteiger partial charge on any atom is -0.493 e. The van der Waals surface area contributed by atoms with E-state index < -0.39 is 24.7 Å². The van der Waals surface area contributed by atoms with Gasteiger partial charge < -0.3 is 19.3 Å². The summed E-state index contributed by atoms with van der Waals surface area (Å²) in [4.78, 5) is 11.8. The van der Waals surface area contributed by atoms with Crippen LogP contribution in [0.2, 0.25) is 0 Å². The molecule has 2 rings (SSSR count). The molecule has 0 bridgehead atoms. The average Bonchev–Trinajstić information content (AvgIpc) is 2.91. The summed E-state index contributed by atoms with van der Waals surface area (Å²) in [6.45, 7) is -1.11. The molecule has 1 heterocycles. The highest BCUT2D eigenvalue weighted by molar-refractivity contribution is 5.70. The fourth-order valence-electron chi connectivity index (χ4n) is 3.10. The van der Waals surface area contributed by atoms with Crippen LogP contribution in [0.4, 0.5) is 8.78 Å². The third kappa shape index (κ3) is 4.56. The first-order chi connectivity index (χ1) is 11.9. The number of carbonyl (C=O) groups excluding carboxylic acids is 1. The molecule has 1 aromatic carbocycles. The summed E-state index contributed by atoms with van der Waals surface area (Å²) in [5, 5.41) is 10.2. The quantitative estimate of drug-likeness (QED) is 0.633. The minimum absolute atomic E-state index is 0.0180. The van der Waals surface area contributed by atoms with Gasteiger partial charge in [0.05, 0.1) is 20.6 Å². The number of hydrazine groups is 1. The van der Waals surface area contributed by atoms with Gasteiger partial charge in [-0.05, 0) is 24.6 Å². The van der Waals surface area contributed by atoms with Gasteiger partial charge in [-0.2, -0.15) is 8.78 Å². The molecule has 1 aliphatic rings. The van der Waals surface area contributed by atoms with Crippen molar-refractivity contribution in [3.8, 4) is 11.5 Å². The number of alkyl halides is 2. The Hall–Kier alpha value is -1.97. The maximum Gasteiger partial charge on any atom is 0.387 e. The van der Waals surface area contributed by atoms with E-state index >= 15 is 0 Å². The van der Waals surface area contributed by atoms with E-state index in [-0.39, 0.29) is 29.9 Å². The normalized spacial score (nSPS) is 24.2. The second-order valence-electron chi connectivity index (χ2n) is 5.78. The van der Waals surface area contributed by atoms with Crippen LogP contribution in [0, 0.1) is 5.92 Å². The number of aliphatic hydroxyl groups excluding tert-OH is 1. The van der Waals surface area contributed by atoms with E-state index in [9.17, 15) is 18.7 Å². The van der Waals surface area contributed by atoms with E-state index in [1.807, 2.05) is 6.92 Å². The number of carbonyl (C=O) groups is 1. The summed E-state index contributed by atoms with van der Waals surface area (Å²) in [6.07, 6.45) is -0.864. The lowest BCUT2D eigenvalue weighted by atomic mass is 9.79. The molecule has 3 N–H and O–H groups in total. The first-order valence-electron chi connectivity index (χ1n) is 7.76. The number of rotatable bonds is 7. The largest absolute Gasteiger partial charge is 0.493 e. The molecule has 1 aliphatic heterocycles. The van der Waals surface area contributed by atoms with Gasteiger partial charge in [-0.25, -0.2) is 5.43 Å². The molecule has 0 aromatic heterocycles. The van der Waals surface area contributed by atoms with Gasteiger partial charge in [-0.3, -0.25) is 10.2 Å². The van der Waals surface area contributed by atoms with Gasteiger partial charge in [-0.1, -0.05) is 6.07 Å². The van der Waals surface area contributed by atoms with Crippen LogP contribution in [-0.4, -0.2) is 44.2 Å². The molecular formula is C16H22F2N2O5. The Kier molecular flexibility index (Phi) is 6.51. The Morgan fingerprint density at radius 1 is 1.28 bits per heavy atom. The third-order valence-corrected chi connectivity index (χ3v) is 4.31. The maximum absolute atomic E-state index is 12.5. The lowest BCUT2D eigenvalue weighted by molar-refractivity contribution is -0.141. The molecule has 0 aliphatic carbocycles. The summed E-state index contributed by atoms with van der Waals surface area (Å²) in [5.74, 6) is -1.19. The number of esters is 1. The first-order valence-corrected chi connectivity index (χ1v) is 7.76. The van der Waals surface area contributed by atoms with Crippen LogP contribution in [0.3, 0.4) is 0 Å². The predicted octanol–water partition coefficient (Wildman–Crippen LogP) is 1.37. The fourth-order valence-corrected chi connectivity index (χ4v) is 3.10. The predicted molar refractivity (Wildman–Crippen MR) is 84.2 cm³/mol. The number of benzene rings is 1. The molecule has 0 saturated carbocycles. The zero-order valence-corrected chi connectivity index (χ0v) is 14.2. The standard InChI is InChI=1S/C16H22F2N2O5/c1-8-14(15(22)20-19-8)10(7-13(21)24-3)9-4-5-11(25-16(17)18)12(6-9)23-2/h4-6,8,10,14-16,19-20,22H,7H2,1-3H3. The monoisotopic (exact) mass is 360 g/mol. The van der Waals surface area contributed by atoms with Gasteiger partial charge in [0.15, 0.2) is 11.5 Å². The SMILES string of the molecule is COC(=O)CC(c1ccc(OC(F)F)c(OC)c1)C1C(C)NNC1O. The average molecular weight is 360 g/mol. The lowest BCUT2D eigenvalue weighted by Crippen LogP contribution is -2.33. The Labute approximate surface area is 144 Å². The number of methoxy groups -OCH3 is 2. The molecule has 140 valence electrons. The molecule has 0 amide bonds. The van der Waals surface area contributed by atoms with Crippen LogP contribution in [0.25, 0.3) is 0 Å². The molecular weight excluding hydrogens is 338 g/mol. The van der Waals surface area contributed by atoms with Crippen molar-refractivity contribution in [1.82, 2.24) is 10.9 Å². The summed E-state index contributed by atoms with van der Waals surface area (Å²) < 4.78 is 39.2. The number of hydrogen-bond acceptors (Lipinski definition) is 7. The summed E-state index contributed by atoms with van der Waals surface area (Å²) in [6, 6.07) is 4.33. The van der Waals surface area contributed by atoms with Crippen molar-refractivity contribution in [1.29, 1.82) is 0 Å². The second-order valence-corrected chi connectivity index (χ2v) is 5.78. The number of hydrogen-bond donors (Lipinski definition) is 3. The van der Waals surface area contributed by atoms with Gasteiger partial charge in [0.2, 0.25) is 0 Å². The van der Waals surface area contributed by atoms with E-state index in [4.69, 9.17) is 9.47 Å². The van der Waals surface area contributed by atoms with Crippen LogP contribution in [-0.2, 0) is 9.53 Å². The van der Waals surface area contributed by atoms with Crippen LogP contribution < -0.4 is 20.3 Å². The molecule has 1 aromatic rings. The van der Waals surface area contributed by atoms with Crippen molar-refractivity contribution >= 4 is 5.97 Å². The van der Waals surface area contributed by atoms with Crippen molar-refractivity contribution in [2.75, 3.05) is 14.2 Å². The van der Waals surface area contributed by atoms with E-state index in [1.165, 1.54) is 26.4 Å². The highest BCUT2D eigenvalue weighted by atomic mass is 19.3. The zero-order chi connectivity index (χ0) is 18.6.